The smallest absolute Gasteiger partial charge is 0.243 e. The first-order valence-electron chi connectivity index (χ1n) is 8.65. The van der Waals surface area contributed by atoms with E-state index in [9.17, 15) is 4.79 Å². The number of nitrogens with zero attached hydrogens (tertiary/aromatic N) is 1. The number of likely N-dealkylation sites (N-methyl/N-ethyl adjacent to an activating group) is 1. The Labute approximate surface area is 154 Å². The van der Waals surface area contributed by atoms with Crippen molar-refractivity contribution in [3.05, 3.63) is 102 Å². The molecule has 2 atom stereocenters. The average molecular weight is 337 g/mol. The minimum Gasteiger partial charge on any atom is -0.314 e. The van der Waals surface area contributed by atoms with Gasteiger partial charge in [0.2, 0.25) is 5.91 Å². The fraction of sp³-hybridized carbons (Fsp3) is 0.125. The van der Waals surface area contributed by atoms with Crippen molar-refractivity contribution in [1.29, 1.82) is 0 Å². The zero-order chi connectivity index (χ0) is 18.1. The monoisotopic (exact) mass is 337 g/mol. The molecule has 1 heterocycles. The molecule has 0 fully saturated rings. The van der Waals surface area contributed by atoms with Crippen LogP contribution in [0.3, 0.4) is 0 Å². The molecule has 0 aromatic heterocycles. The summed E-state index contributed by atoms with van der Waals surface area (Å²) < 4.78 is 0. The molecular formula is C24H19NO. The molecule has 2 nitrogen and oxygen atoms in total. The number of terminal acetylenes is 1. The molecule has 0 radical (unpaired) electrons. The molecule has 0 saturated heterocycles. The van der Waals surface area contributed by atoms with Crippen LogP contribution in [0.2, 0.25) is 0 Å². The maximum absolute atomic E-state index is 13.7. The van der Waals surface area contributed by atoms with Crippen molar-refractivity contribution in [3.8, 4) is 12.3 Å². The van der Waals surface area contributed by atoms with E-state index in [1.54, 1.807) is 4.90 Å². The van der Waals surface area contributed by atoms with Crippen LogP contribution in [0, 0.1) is 12.3 Å². The lowest BCUT2D eigenvalue weighted by atomic mass is 9.64. The predicted molar refractivity (Wildman–Crippen MR) is 105 cm³/mol. The van der Waals surface area contributed by atoms with Crippen molar-refractivity contribution in [3.63, 3.8) is 0 Å². The maximum Gasteiger partial charge on any atom is 0.243 e. The molecule has 0 spiro atoms. The normalized spacial score (nSPS) is 19.7. The number of carbonyl (C=O) groups excluding carboxylic acids is 1. The Morgan fingerprint density at radius 2 is 1.46 bits per heavy atom. The number of anilines is 1. The largest absolute Gasteiger partial charge is 0.314 e. The van der Waals surface area contributed by atoms with Gasteiger partial charge in [0.1, 0.15) is 5.41 Å². The number of benzene rings is 3. The molecule has 2 heteroatoms. The topological polar surface area (TPSA) is 20.3 Å². The van der Waals surface area contributed by atoms with E-state index in [0.29, 0.717) is 0 Å². The summed E-state index contributed by atoms with van der Waals surface area (Å²) in [4.78, 5) is 15.4. The number of hydrogen-bond acceptors (Lipinski definition) is 1. The van der Waals surface area contributed by atoms with E-state index < -0.39 is 11.3 Å². The van der Waals surface area contributed by atoms with Crippen LogP contribution in [-0.2, 0) is 10.2 Å². The van der Waals surface area contributed by atoms with Gasteiger partial charge in [-0.15, -0.1) is 6.42 Å². The van der Waals surface area contributed by atoms with E-state index in [2.05, 4.69) is 5.92 Å². The number of fused-ring (bicyclic) bond motifs is 1. The summed E-state index contributed by atoms with van der Waals surface area (Å²) in [7, 11) is 1.82. The first kappa shape index (κ1) is 16.2. The summed E-state index contributed by atoms with van der Waals surface area (Å²) in [6.45, 7) is 0. The lowest BCUT2D eigenvalue weighted by Gasteiger charge is -2.34. The zero-order valence-electron chi connectivity index (χ0n) is 14.6. The summed E-state index contributed by atoms with van der Waals surface area (Å²) in [6, 6.07) is 27.7. The minimum absolute atomic E-state index is 0.0108. The average Bonchev–Trinajstić information content (AvgIpc) is 2.93. The van der Waals surface area contributed by atoms with Crippen LogP contribution in [-0.4, -0.2) is 13.0 Å². The van der Waals surface area contributed by atoms with Crippen LogP contribution in [0.15, 0.2) is 84.9 Å². The highest BCUT2D eigenvalue weighted by Crippen LogP contribution is 2.53. The Morgan fingerprint density at radius 1 is 0.885 bits per heavy atom. The molecule has 2 unspecified atom stereocenters. The highest BCUT2D eigenvalue weighted by Gasteiger charge is 2.55. The van der Waals surface area contributed by atoms with E-state index in [-0.39, 0.29) is 5.91 Å². The van der Waals surface area contributed by atoms with Crippen molar-refractivity contribution in [2.45, 2.75) is 11.3 Å². The van der Waals surface area contributed by atoms with Gasteiger partial charge in [-0.1, -0.05) is 84.8 Å². The summed E-state index contributed by atoms with van der Waals surface area (Å²) in [5.41, 5.74) is 2.84. The second kappa shape index (κ2) is 6.20. The van der Waals surface area contributed by atoms with Crippen molar-refractivity contribution in [2.75, 3.05) is 11.9 Å². The molecule has 3 aromatic rings. The zero-order valence-corrected chi connectivity index (χ0v) is 14.6. The van der Waals surface area contributed by atoms with Gasteiger partial charge in [0, 0.05) is 12.7 Å². The molecule has 3 aromatic carbocycles. The van der Waals surface area contributed by atoms with Crippen molar-refractivity contribution in [1.82, 2.24) is 0 Å². The molecule has 0 aliphatic carbocycles. The van der Waals surface area contributed by atoms with Crippen molar-refractivity contribution >= 4 is 11.6 Å². The fourth-order valence-corrected chi connectivity index (χ4v) is 4.13. The summed E-state index contributed by atoms with van der Waals surface area (Å²) in [6.07, 6.45) is 6.05. The van der Waals surface area contributed by atoms with Gasteiger partial charge in [-0.05, 0) is 22.8 Å². The molecule has 0 N–H and O–H groups in total. The van der Waals surface area contributed by atoms with E-state index >= 15 is 0 Å². The van der Waals surface area contributed by atoms with E-state index in [4.69, 9.17) is 6.42 Å². The Morgan fingerprint density at radius 3 is 2.12 bits per heavy atom. The van der Waals surface area contributed by atoms with Crippen molar-refractivity contribution in [2.24, 2.45) is 0 Å². The summed E-state index contributed by atoms with van der Waals surface area (Å²) in [5.74, 6) is 2.56. The molecule has 26 heavy (non-hydrogen) atoms. The lowest BCUT2D eigenvalue weighted by molar-refractivity contribution is -0.121. The van der Waals surface area contributed by atoms with Gasteiger partial charge in [0.05, 0.1) is 5.92 Å². The molecule has 1 aliphatic heterocycles. The van der Waals surface area contributed by atoms with E-state index in [1.807, 2.05) is 92.0 Å². The third kappa shape index (κ3) is 2.11. The predicted octanol–water partition coefficient (Wildman–Crippen LogP) is 4.37. The molecule has 126 valence electrons. The van der Waals surface area contributed by atoms with Crippen LogP contribution in [0.25, 0.3) is 0 Å². The van der Waals surface area contributed by atoms with Gasteiger partial charge in [-0.2, -0.15) is 0 Å². The number of para-hydroxylation sites is 1. The molecule has 1 aliphatic rings. The number of amides is 1. The first-order valence-corrected chi connectivity index (χ1v) is 8.65. The highest BCUT2D eigenvalue weighted by molar-refractivity contribution is 6.11. The number of carbonyl (C=O) groups is 1. The Kier molecular flexibility index (Phi) is 3.86. The summed E-state index contributed by atoms with van der Waals surface area (Å²) >= 11 is 0. The highest BCUT2D eigenvalue weighted by atomic mass is 16.2. The second-order valence-corrected chi connectivity index (χ2v) is 6.57. The van der Waals surface area contributed by atoms with Gasteiger partial charge in [-0.25, -0.2) is 0 Å². The molecule has 0 bridgehead atoms. The standard InChI is InChI=1S/C24H19NO/c1-3-20(18-12-6-4-7-13-18)24(19-14-8-5-9-15-19)21-16-10-11-17-22(21)25(2)23(24)26/h1,4-17,20H,2H3. The third-order valence-corrected chi connectivity index (χ3v) is 5.29. The Balaban J connectivity index is 2.08. The van der Waals surface area contributed by atoms with Crippen LogP contribution < -0.4 is 4.90 Å². The van der Waals surface area contributed by atoms with Gasteiger partial charge in [0.25, 0.3) is 0 Å². The Bertz CT molecular complexity index is 987. The summed E-state index contributed by atoms with van der Waals surface area (Å²) in [5, 5.41) is 0. The SMILES string of the molecule is C#CC(c1ccccc1)C1(c2ccccc2)C(=O)N(C)c2ccccc21. The van der Waals surface area contributed by atoms with Gasteiger partial charge >= 0.3 is 0 Å². The van der Waals surface area contributed by atoms with Gasteiger partial charge in [-0.3, -0.25) is 4.79 Å². The van der Waals surface area contributed by atoms with Crippen LogP contribution in [0.5, 0.6) is 0 Å². The number of rotatable bonds is 3. The van der Waals surface area contributed by atoms with Gasteiger partial charge in [0.15, 0.2) is 0 Å². The fourth-order valence-electron chi connectivity index (χ4n) is 4.13. The molecule has 1 amide bonds. The second-order valence-electron chi connectivity index (χ2n) is 6.57. The van der Waals surface area contributed by atoms with Crippen LogP contribution >= 0.6 is 0 Å². The van der Waals surface area contributed by atoms with Crippen molar-refractivity contribution < 1.29 is 4.79 Å². The minimum atomic E-state index is -0.928. The molecule has 0 saturated carbocycles. The van der Waals surface area contributed by atoms with Crippen LogP contribution in [0.4, 0.5) is 5.69 Å². The first-order chi connectivity index (χ1) is 12.7. The van der Waals surface area contributed by atoms with E-state index in [0.717, 1.165) is 22.4 Å². The molecule has 4 rings (SSSR count). The number of hydrogen-bond donors (Lipinski definition) is 0. The van der Waals surface area contributed by atoms with Gasteiger partial charge < -0.3 is 4.90 Å². The van der Waals surface area contributed by atoms with Crippen LogP contribution in [0.1, 0.15) is 22.6 Å². The quantitative estimate of drug-likeness (QED) is 0.650. The molecular weight excluding hydrogens is 318 g/mol. The Hall–Kier alpha value is -3.31. The third-order valence-electron chi connectivity index (χ3n) is 5.29. The maximum atomic E-state index is 13.7. The lowest BCUT2D eigenvalue weighted by Crippen LogP contribution is -2.44. The van der Waals surface area contributed by atoms with E-state index in [1.165, 1.54) is 0 Å².